The second kappa shape index (κ2) is 9.38. The van der Waals surface area contributed by atoms with Crippen molar-refractivity contribution in [1.29, 1.82) is 0 Å². The van der Waals surface area contributed by atoms with Gasteiger partial charge in [-0.2, -0.15) is 18.3 Å². The van der Waals surface area contributed by atoms with Crippen LogP contribution in [0.2, 0.25) is 0 Å². The monoisotopic (exact) mass is 402 g/mol. The highest BCUT2D eigenvalue weighted by Crippen LogP contribution is 2.42. The number of rotatable bonds is 9. The van der Waals surface area contributed by atoms with E-state index in [1.165, 1.54) is 6.07 Å². The van der Waals surface area contributed by atoms with Gasteiger partial charge in [-0.3, -0.25) is 5.10 Å². The minimum Gasteiger partial charge on any atom is -0.493 e. The number of nitrogens with zero attached hydrogens (tertiary/aromatic N) is 2. The summed E-state index contributed by atoms with van der Waals surface area (Å²) in [5.41, 5.74) is -0.832. The van der Waals surface area contributed by atoms with Crippen LogP contribution >= 0.6 is 0 Å². The topological polar surface area (TPSA) is 53.2 Å². The van der Waals surface area contributed by atoms with Crippen LogP contribution in [0.5, 0.6) is 5.75 Å². The number of aromatic nitrogens is 2. The first-order valence-electron chi connectivity index (χ1n) is 9.03. The Hall–Kier alpha value is -2.13. The SMILES string of the molecule is CNCCN(C)Cc1c[nH]nc1-c1ccc(OCC(C)C)c(C(F)(F)F)c1F. The number of aromatic amines is 1. The maximum absolute atomic E-state index is 15.0. The first-order chi connectivity index (χ1) is 13.1. The van der Waals surface area contributed by atoms with Crippen LogP contribution < -0.4 is 10.1 Å². The predicted molar refractivity (Wildman–Crippen MR) is 99.6 cm³/mol. The van der Waals surface area contributed by atoms with E-state index >= 15 is 0 Å². The molecule has 0 radical (unpaired) electrons. The Morgan fingerprint density at radius 2 is 2.00 bits per heavy atom. The van der Waals surface area contributed by atoms with Crippen LogP contribution in [0.25, 0.3) is 11.3 Å². The third-order valence-electron chi connectivity index (χ3n) is 4.12. The third-order valence-corrected chi connectivity index (χ3v) is 4.12. The predicted octanol–water partition coefficient (Wildman–Crippen LogP) is 3.92. The van der Waals surface area contributed by atoms with Gasteiger partial charge in [0, 0.05) is 37.0 Å². The van der Waals surface area contributed by atoms with Crippen LogP contribution in [-0.4, -0.2) is 48.9 Å². The van der Waals surface area contributed by atoms with Gasteiger partial charge in [0.1, 0.15) is 17.1 Å². The molecule has 2 aromatic rings. The zero-order valence-corrected chi connectivity index (χ0v) is 16.5. The Morgan fingerprint density at radius 1 is 1.29 bits per heavy atom. The minimum atomic E-state index is -4.88. The third kappa shape index (κ3) is 5.45. The van der Waals surface area contributed by atoms with Gasteiger partial charge in [-0.15, -0.1) is 0 Å². The van der Waals surface area contributed by atoms with E-state index in [9.17, 15) is 17.6 Å². The molecule has 2 N–H and O–H groups in total. The molecule has 1 heterocycles. The minimum absolute atomic E-state index is 0.00918. The number of nitrogens with one attached hydrogen (secondary N) is 2. The van der Waals surface area contributed by atoms with E-state index in [1.807, 2.05) is 19.0 Å². The zero-order chi connectivity index (χ0) is 20.9. The number of alkyl halides is 3. The van der Waals surface area contributed by atoms with Gasteiger partial charge in [-0.1, -0.05) is 13.8 Å². The number of benzene rings is 1. The first-order valence-corrected chi connectivity index (χ1v) is 9.03. The van der Waals surface area contributed by atoms with Crippen molar-refractivity contribution < 1.29 is 22.3 Å². The van der Waals surface area contributed by atoms with Crippen molar-refractivity contribution in [3.05, 3.63) is 35.3 Å². The lowest BCUT2D eigenvalue weighted by Gasteiger charge is -2.19. The molecule has 9 heteroatoms. The summed E-state index contributed by atoms with van der Waals surface area (Å²) < 4.78 is 60.8. The average molecular weight is 402 g/mol. The van der Waals surface area contributed by atoms with Crippen molar-refractivity contribution in [1.82, 2.24) is 20.4 Å². The molecular formula is C19H26F4N4O. The first kappa shape index (κ1) is 22.2. The molecule has 0 bridgehead atoms. The molecule has 0 aliphatic heterocycles. The number of hydrogen-bond acceptors (Lipinski definition) is 4. The molecule has 0 atom stereocenters. The molecule has 0 unspecified atom stereocenters. The Morgan fingerprint density at radius 3 is 2.61 bits per heavy atom. The number of ether oxygens (including phenoxy) is 1. The fraction of sp³-hybridized carbons (Fsp3) is 0.526. The molecular weight excluding hydrogens is 376 g/mol. The van der Waals surface area contributed by atoms with Crippen molar-refractivity contribution in [2.45, 2.75) is 26.6 Å². The van der Waals surface area contributed by atoms with Gasteiger partial charge in [-0.05, 0) is 32.1 Å². The van der Waals surface area contributed by atoms with Crippen LogP contribution in [0.1, 0.15) is 25.0 Å². The quantitative estimate of drug-likeness (QED) is 0.625. The van der Waals surface area contributed by atoms with Crippen LogP contribution in [0.4, 0.5) is 17.6 Å². The Bertz CT molecular complexity index is 774. The van der Waals surface area contributed by atoms with E-state index in [4.69, 9.17) is 4.74 Å². The standard InChI is InChI=1S/C19H26F4N4O/c1-12(2)11-28-15-6-5-14(17(20)16(15)19(21,22)23)18-13(9-25-26-18)10-27(4)8-7-24-3/h5-6,9,12,24H,7-8,10-11H2,1-4H3,(H,25,26). The number of H-pyrrole nitrogens is 1. The molecule has 2 rings (SSSR count). The van der Waals surface area contributed by atoms with Gasteiger partial charge in [0.2, 0.25) is 0 Å². The normalized spacial score (nSPS) is 12.2. The largest absolute Gasteiger partial charge is 0.493 e. The van der Waals surface area contributed by atoms with Crippen molar-refractivity contribution in [3.8, 4) is 17.0 Å². The molecule has 5 nitrogen and oxygen atoms in total. The fourth-order valence-corrected chi connectivity index (χ4v) is 2.72. The Balaban J connectivity index is 2.41. The van der Waals surface area contributed by atoms with Crippen LogP contribution in [0.15, 0.2) is 18.3 Å². The summed E-state index contributed by atoms with van der Waals surface area (Å²) in [7, 11) is 3.70. The van der Waals surface area contributed by atoms with Gasteiger partial charge >= 0.3 is 6.18 Å². The molecule has 0 aliphatic rings. The van der Waals surface area contributed by atoms with Crippen molar-refractivity contribution >= 4 is 0 Å². The second-order valence-electron chi connectivity index (χ2n) is 7.10. The van der Waals surface area contributed by atoms with Crippen molar-refractivity contribution in [2.75, 3.05) is 33.8 Å². The van der Waals surface area contributed by atoms with Gasteiger partial charge < -0.3 is 15.0 Å². The van der Waals surface area contributed by atoms with Crippen molar-refractivity contribution in [2.24, 2.45) is 5.92 Å². The molecule has 1 aromatic heterocycles. The van der Waals surface area contributed by atoms with Gasteiger partial charge in [0.15, 0.2) is 0 Å². The zero-order valence-electron chi connectivity index (χ0n) is 16.5. The summed E-state index contributed by atoms with van der Waals surface area (Å²) in [5, 5.41) is 9.64. The van der Waals surface area contributed by atoms with Crippen LogP contribution in [0, 0.1) is 11.7 Å². The molecule has 0 amide bonds. The highest BCUT2D eigenvalue weighted by Gasteiger charge is 2.39. The summed E-state index contributed by atoms with van der Waals surface area (Å²) in [6.45, 7) is 5.56. The number of halogens is 4. The molecule has 0 saturated heterocycles. The maximum Gasteiger partial charge on any atom is 0.422 e. The molecule has 0 saturated carbocycles. The highest BCUT2D eigenvalue weighted by molar-refractivity contribution is 5.66. The average Bonchev–Trinajstić information content (AvgIpc) is 3.04. The van der Waals surface area contributed by atoms with Gasteiger partial charge in [0.05, 0.1) is 12.3 Å². The van der Waals surface area contributed by atoms with E-state index in [0.717, 1.165) is 19.2 Å². The highest BCUT2D eigenvalue weighted by atomic mass is 19.4. The van der Waals surface area contributed by atoms with Crippen molar-refractivity contribution in [3.63, 3.8) is 0 Å². The molecule has 0 fully saturated rings. The number of hydrogen-bond donors (Lipinski definition) is 2. The van der Waals surface area contributed by atoms with E-state index < -0.39 is 23.3 Å². The van der Waals surface area contributed by atoms with E-state index in [-0.39, 0.29) is 23.8 Å². The Kier molecular flexibility index (Phi) is 7.42. The summed E-state index contributed by atoms with van der Waals surface area (Å²) in [5.74, 6) is -1.87. The van der Waals surface area contributed by atoms with Gasteiger partial charge in [0.25, 0.3) is 0 Å². The Labute approximate surface area is 162 Å². The fourth-order valence-electron chi connectivity index (χ4n) is 2.72. The smallest absolute Gasteiger partial charge is 0.422 e. The van der Waals surface area contributed by atoms with Crippen LogP contribution in [-0.2, 0) is 12.7 Å². The van der Waals surface area contributed by atoms with E-state index in [0.29, 0.717) is 12.1 Å². The molecule has 0 aliphatic carbocycles. The molecule has 28 heavy (non-hydrogen) atoms. The maximum atomic E-state index is 15.0. The lowest BCUT2D eigenvalue weighted by molar-refractivity contribution is -0.141. The lowest BCUT2D eigenvalue weighted by Crippen LogP contribution is -2.27. The second-order valence-corrected chi connectivity index (χ2v) is 7.10. The molecule has 0 spiro atoms. The summed E-state index contributed by atoms with van der Waals surface area (Å²) >= 11 is 0. The number of likely N-dealkylation sites (N-methyl/N-ethyl adjacent to an activating group) is 2. The van der Waals surface area contributed by atoms with E-state index in [2.05, 4.69) is 15.5 Å². The molecule has 156 valence electrons. The summed E-state index contributed by atoms with van der Waals surface area (Å²) in [4.78, 5) is 1.97. The van der Waals surface area contributed by atoms with Gasteiger partial charge in [-0.25, -0.2) is 4.39 Å². The van der Waals surface area contributed by atoms with Crippen LogP contribution in [0.3, 0.4) is 0 Å². The summed E-state index contributed by atoms with van der Waals surface area (Å²) in [6.07, 6.45) is -3.31. The summed E-state index contributed by atoms with van der Waals surface area (Å²) in [6, 6.07) is 2.44. The van der Waals surface area contributed by atoms with E-state index in [1.54, 1.807) is 20.0 Å². The molecule has 1 aromatic carbocycles. The lowest BCUT2D eigenvalue weighted by atomic mass is 10.0.